The summed E-state index contributed by atoms with van der Waals surface area (Å²) in [5, 5.41) is 0. The van der Waals surface area contributed by atoms with Crippen molar-refractivity contribution in [3.8, 4) is 0 Å². The fourth-order valence-electron chi connectivity index (χ4n) is 0.986. The Morgan fingerprint density at radius 1 is 1.25 bits per heavy atom. The molecule has 0 N–H and O–H groups in total. The normalized spacial score (nSPS) is 11.2. The molecule has 0 fully saturated rings. The van der Waals surface area contributed by atoms with E-state index in [-0.39, 0.29) is 5.41 Å². The molecule has 0 atom stereocenters. The SMILES string of the molecule is C=C(c1ccncc1)C(C)(C)C. The Hall–Kier alpha value is -1.11. The van der Waals surface area contributed by atoms with Gasteiger partial charge in [-0.25, -0.2) is 0 Å². The van der Waals surface area contributed by atoms with E-state index >= 15 is 0 Å². The number of hydrogen-bond acceptors (Lipinski definition) is 1. The maximum Gasteiger partial charge on any atom is 0.0273 e. The molecule has 0 aliphatic heterocycles. The van der Waals surface area contributed by atoms with Crippen LogP contribution in [-0.2, 0) is 0 Å². The summed E-state index contributed by atoms with van der Waals surface area (Å²) in [5.41, 5.74) is 2.48. The first-order chi connectivity index (χ1) is 5.52. The van der Waals surface area contributed by atoms with Crippen LogP contribution in [0.15, 0.2) is 31.1 Å². The minimum absolute atomic E-state index is 0.140. The summed E-state index contributed by atoms with van der Waals surface area (Å²) in [6.07, 6.45) is 3.60. The zero-order valence-electron chi connectivity index (χ0n) is 7.96. The lowest BCUT2D eigenvalue weighted by Crippen LogP contribution is -2.06. The van der Waals surface area contributed by atoms with Crippen LogP contribution < -0.4 is 0 Å². The molecule has 0 bridgehead atoms. The van der Waals surface area contributed by atoms with Crippen molar-refractivity contribution in [2.24, 2.45) is 5.41 Å². The van der Waals surface area contributed by atoms with Crippen LogP contribution >= 0.6 is 0 Å². The van der Waals surface area contributed by atoms with Crippen LogP contribution in [-0.4, -0.2) is 4.98 Å². The Morgan fingerprint density at radius 2 is 1.75 bits per heavy atom. The van der Waals surface area contributed by atoms with Gasteiger partial charge in [0, 0.05) is 12.4 Å². The van der Waals surface area contributed by atoms with Gasteiger partial charge in [-0.1, -0.05) is 27.4 Å². The lowest BCUT2D eigenvalue weighted by atomic mass is 9.84. The predicted octanol–water partition coefficient (Wildman–Crippen LogP) is 3.14. The first kappa shape index (κ1) is 8.98. The Labute approximate surface area is 74.2 Å². The second-order valence-electron chi connectivity index (χ2n) is 3.96. The van der Waals surface area contributed by atoms with Crippen molar-refractivity contribution < 1.29 is 0 Å². The zero-order chi connectivity index (χ0) is 9.19. The average Bonchev–Trinajstić information content (AvgIpc) is 2.03. The fraction of sp³-hybridized carbons (Fsp3) is 0.364. The molecule has 0 amide bonds. The summed E-state index contributed by atoms with van der Waals surface area (Å²) in [6, 6.07) is 3.99. The highest BCUT2D eigenvalue weighted by molar-refractivity contribution is 5.66. The Kier molecular flexibility index (Phi) is 2.32. The highest BCUT2D eigenvalue weighted by Crippen LogP contribution is 2.31. The largest absolute Gasteiger partial charge is 0.265 e. The van der Waals surface area contributed by atoms with Crippen molar-refractivity contribution in [2.75, 3.05) is 0 Å². The molecule has 0 aliphatic carbocycles. The molecule has 0 saturated carbocycles. The van der Waals surface area contributed by atoms with E-state index in [4.69, 9.17) is 0 Å². The molecule has 0 saturated heterocycles. The second kappa shape index (κ2) is 3.10. The maximum absolute atomic E-state index is 4.07. The summed E-state index contributed by atoms with van der Waals surface area (Å²) in [7, 11) is 0. The molecule has 0 radical (unpaired) electrons. The van der Waals surface area contributed by atoms with Crippen LogP contribution in [0.1, 0.15) is 26.3 Å². The van der Waals surface area contributed by atoms with Gasteiger partial charge in [0.2, 0.25) is 0 Å². The van der Waals surface area contributed by atoms with Crippen molar-refractivity contribution in [1.29, 1.82) is 0 Å². The van der Waals surface area contributed by atoms with Crippen molar-refractivity contribution in [3.63, 3.8) is 0 Å². The quantitative estimate of drug-likeness (QED) is 0.616. The lowest BCUT2D eigenvalue weighted by Gasteiger charge is -2.21. The number of hydrogen-bond donors (Lipinski definition) is 0. The van der Waals surface area contributed by atoms with Gasteiger partial charge in [0.1, 0.15) is 0 Å². The van der Waals surface area contributed by atoms with Gasteiger partial charge >= 0.3 is 0 Å². The molecule has 0 aliphatic rings. The molecule has 1 heterocycles. The van der Waals surface area contributed by atoms with E-state index in [0.717, 1.165) is 5.57 Å². The summed E-state index contributed by atoms with van der Waals surface area (Å²) in [5.74, 6) is 0. The third-order valence-electron chi connectivity index (χ3n) is 1.93. The minimum Gasteiger partial charge on any atom is -0.265 e. The summed E-state index contributed by atoms with van der Waals surface area (Å²) >= 11 is 0. The van der Waals surface area contributed by atoms with Gasteiger partial charge in [0.25, 0.3) is 0 Å². The van der Waals surface area contributed by atoms with Gasteiger partial charge in [-0.15, -0.1) is 0 Å². The summed E-state index contributed by atoms with van der Waals surface area (Å²) in [4.78, 5) is 3.97. The van der Waals surface area contributed by atoms with Gasteiger partial charge in [-0.2, -0.15) is 0 Å². The van der Waals surface area contributed by atoms with Gasteiger partial charge in [-0.3, -0.25) is 4.98 Å². The number of aromatic nitrogens is 1. The van der Waals surface area contributed by atoms with E-state index < -0.39 is 0 Å². The van der Waals surface area contributed by atoms with Gasteiger partial charge < -0.3 is 0 Å². The van der Waals surface area contributed by atoms with Crippen molar-refractivity contribution >= 4 is 5.57 Å². The third-order valence-corrected chi connectivity index (χ3v) is 1.93. The van der Waals surface area contributed by atoms with Crippen LogP contribution in [0, 0.1) is 5.41 Å². The maximum atomic E-state index is 4.07. The molecule has 0 spiro atoms. The Morgan fingerprint density at radius 3 is 2.17 bits per heavy atom. The average molecular weight is 161 g/mol. The Balaban J connectivity index is 2.94. The van der Waals surface area contributed by atoms with Crippen molar-refractivity contribution in [3.05, 3.63) is 36.7 Å². The smallest absolute Gasteiger partial charge is 0.0273 e. The summed E-state index contributed by atoms with van der Waals surface area (Å²) in [6.45, 7) is 10.6. The van der Waals surface area contributed by atoms with E-state index in [1.54, 1.807) is 12.4 Å². The minimum atomic E-state index is 0.140. The molecule has 1 aromatic heterocycles. The van der Waals surface area contributed by atoms with Crippen LogP contribution in [0.3, 0.4) is 0 Å². The van der Waals surface area contributed by atoms with E-state index in [1.165, 1.54) is 5.56 Å². The van der Waals surface area contributed by atoms with Crippen LogP contribution in [0.5, 0.6) is 0 Å². The van der Waals surface area contributed by atoms with E-state index in [0.29, 0.717) is 0 Å². The summed E-state index contributed by atoms with van der Waals surface area (Å²) < 4.78 is 0. The molecular formula is C11H15N. The standard InChI is InChI=1S/C11H15N/c1-9(11(2,3)4)10-5-7-12-8-6-10/h5-8H,1H2,2-4H3. The van der Waals surface area contributed by atoms with E-state index in [2.05, 4.69) is 32.3 Å². The highest BCUT2D eigenvalue weighted by atomic mass is 14.6. The second-order valence-corrected chi connectivity index (χ2v) is 3.96. The van der Waals surface area contributed by atoms with Gasteiger partial charge in [-0.05, 0) is 28.7 Å². The molecule has 64 valence electrons. The molecule has 0 aromatic carbocycles. The third kappa shape index (κ3) is 1.94. The fourth-order valence-corrected chi connectivity index (χ4v) is 0.986. The predicted molar refractivity (Wildman–Crippen MR) is 52.7 cm³/mol. The lowest BCUT2D eigenvalue weighted by molar-refractivity contribution is 0.568. The van der Waals surface area contributed by atoms with Crippen molar-refractivity contribution in [1.82, 2.24) is 4.98 Å². The van der Waals surface area contributed by atoms with Crippen molar-refractivity contribution in [2.45, 2.75) is 20.8 Å². The highest BCUT2D eigenvalue weighted by Gasteiger charge is 2.15. The molecule has 1 rings (SSSR count). The van der Waals surface area contributed by atoms with Crippen LogP contribution in [0.2, 0.25) is 0 Å². The van der Waals surface area contributed by atoms with Gasteiger partial charge in [0.15, 0.2) is 0 Å². The molecular weight excluding hydrogens is 146 g/mol. The van der Waals surface area contributed by atoms with E-state index in [9.17, 15) is 0 Å². The first-order valence-electron chi connectivity index (χ1n) is 4.11. The molecule has 1 heteroatoms. The van der Waals surface area contributed by atoms with Gasteiger partial charge in [0.05, 0.1) is 0 Å². The topological polar surface area (TPSA) is 12.9 Å². The molecule has 0 unspecified atom stereocenters. The zero-order valence-corrected chi connectivity index (χ0v) is 7.96. The number of allylic oxidation sites excluding steroid dienone is 1. The monoisotopic (exact) mass is 161 g/mol. The molecule has 12 heavy (non-hydrogen) atoms. The number of rotatable bonds is 1. The van der Waals surface area contributed by atoms with Crippen LogP contribution in [0.4, 0.5) is 0 Å². The van der Waals surface area contributed by atoms with Crippen LogP contribution in [0.25, 0.3) is 5.57 Å². The first-order valence-corrected chi connectivity index (χ1v) is 4.11. The number of pyridine rings is 1. The molecule has 1 nitrogen and oxygen atoms in total. The number of nitrogens with zero attached hydrogens (tertiary/aromatic N) is 1. The Bertz CT molecular complexity index is 267. The molecule has 1 aromatic rings. The van der Waals surface area contributed by atoms with E-state index in [1.807, 2.05) is 12.1 Å².